The molecule has 0 saturated heterocycles. The maximum absolute atomic E-state index is 13.5. The number of halogens is 2. The van der Waals surface area contributed by atoms with Crippen molar-refractivity contribution in [2.45, 2.75) is 13.0 Å². The number of aromatic nitrogens is 2. The molecule has 96 valence electrons. The molecule has 0 spiro atoms. The first-order chi connectivity index (χ1) is 8.70. The van der Waals surface area contributed by atoms with Gasteiger partial charge in [-0.05, 0) is 6.07 Å². The van der Waals surface area contributed by atoms with Crippen LogP contribution in [0.5, 0.6) is 0 Å². The van der Waals surface area contributed by atoms with Gasteiger partial charge in [-0.15, -0.1) is 16.7 Å². The molecule has 18 heavy (non-hydrogen) atoms. The summed E-state index contributed by atoms with van der Waals surface area (Å²) >= 11 is 5.58. The van der Waals surface area contributed by atoms with Gasteiger partial charge >= 0.3 is 6.01 Å². The molecule has 0 aliphatic carbocycles. The van der Waals surface area contributed by atoms with Crippen LogP contribution in [0.2, 0.25) is 0 Å². The molecule has 2 rings (SSSR count). The van der Waals surface area contributed by atoms with Gasteiger partial charge in [-0.3, -0.25) is 0 Å². The summed E-state index contributed by atoms with van der Waals surface area (Å²) in [6, 6.07) is 6.96. The van der Waals surface area contributed by atoms with Crippen LogP contribution in [0.4, 0.5) is 10.4 Å². The van der Waals surface area contributed by atoms with Gasteiger partial charge in [0.1, 0.15) is 5.82 Å². The van der Waals surface area contributed by atoms with Gasteiger partial charge in [0.2, 0.25) is 5.89 Å². The Balaban J connectivity index is 2.07. The van der Waals surface area contributed by atoms with Crippen LogP contribution in [0.25, 0.3) is 0 Å². The Morgan fingerprint density at radius 3 is 2.83 bits per heavy atom. The highest BCUT2D eigenvalue weighted by Crippen LogP contribution is 2.16. The molecule has 0 unspecified atom stereocenters. The summed E-state index contributed by atoms with van der Waals surface area (Å²) in [6.45, 7) is 0.370. The number of nitrogens with zero attached hydrogens (tertiary/aromatic N) is 3. The van der Waals surface area contributed by atoms with Crippen LogP contribution in [-0.4, -0.2) is 23.1 Å². The predicted molar refractivity (Wildman–Crippen MR) is 67.2 cm³/mol. The summed E-state index contributed by atoms with van der Waals surface area (Å²) in [4.78, 5) is 1.70. The number of rotatable bonds is 5. The van der Waals surface area contributed by atoms with Crippen LogP contribution in [0.1, 0.15) is 11.5 Å². The third-order valence-corrected chi connectivity index (χ3v) is 2.65. The monoisotopic (exact) mass is 269 g/mol. The maximum Gasteiger partial charge on any atom is 0.318 e. The zero-order valence-corrected chi connectivity index (χ0v) is 10.7. The van der Waals surface area contributed by atoms with E-state index in [1.54, 1.807) is 30.1 Å². The smallest absolute Gasteiger partial charge is 0.318 e. The Labute approximate surface area is 109 Å². The molecular formula is C12H13ClFN3O. The molecule has 1 aromatic carbocycles. The average Bonchev–Trinajstić information content (AvgIpc) is 2.81. The second-order valence-electron chi connectivity index (χ2n) is 3.86. The zero-order chi connectivity index (χ0) is 13.0. The van der Waals surface area contributed by atoms with E-state index >= 15 is 0 Å². The minimum atomic E-state index is -0.246. The van der Waals surface area contributed by atoms with Gasteiger partial charge in [0.05, 0.1) is 0 Å². The van der Waals surface area contributed by atoms with Crippen molar-refractivity contribution in [1.82, 2.24) is 10.2 Å². The zero-order valence-electron chi connectivity index (χ0n) is 9.94. The van der Waals surface area contributed by atoms with Crippen molar-refractivity contribution in [3.05, 3.63) is 41.5 Å². The number of alkyl halides is 1. The minimum absolute atomic E-state index is 0.246. The Kier molecular flexibility index (Phi) is 4.15. The molecule has 0 atom stereocenters. The Morgan fingerprint density at radius 1 is 1.33 bits per heavy atom. The molecule has 6 heteroatoms. The van der Waals surface area contributed by atoms with Gasteiger partial charge < -0.3 is 9.32 Å². The van der Waals surface area contributed by atoms with Gasteiger partial charge in [-0.25, -0.2) is 4.39 Å². The normalized spacial score (nSPS) is 10.6. The first-order valence-corrected chi connectivity index (χ1v) is 6.07. The van der Waals surface area contributed by atoms with E-state index in [2.05, 4.69) is 10.2 Å². The molecule has 0 radical (unpaired) electrons. The number of hydrogen-bond acceptors (Lipinski definition) is 4. The van der Waals surface area contributed by atoms with Crippen LogP contribution in [0.15, 0.2) is 28.7 Å². The molecule has 4 nitrogen and oxygen atoms in total. The molecule has 1 heterocycles. The van der Waals surface area contributed by atoms with E-state index in [1.165, 1.54) is 6.07 Å². The van der Waals surface area contributed by atoms with E-state index < -0.39 is 0 Å². The summed E-state index contributed by atoms with van der Waals surface area (Å²) in [5.74, 6) is 0.670. The lowest BCUT2D eigenvalue weighted by Crippen LogP contribution is -2.17. The lowest BCUT2D eigenvalue weighted by Gasteiger charge is -2.14. The SMILES string of the molecule is CN(Cc1ccccc1F)c1nnc(CCCl)o1. The molecule has 0 fully saturated rings. The molecule has 0 saturated carbocycles. The highest BCUT2D eigenvalue weighted by Gasteiger charge is 2.12. The topological polar surface area (TPSA) is 42.2 Å². The van der Waals surface area contributed by atoms with Crippen LogP contribution in [0.3, 0.4) is 0 Å². The Bertz CT molecular complexity index is 518. The fourth-order valence-corrected chi connectivity index (χ4v) is 1.69. The summed E-state index contributed by atoms with van der Waals surface area (Å²) in [5, 5.41) is 7.74. The van der Waals surface area contributed by atoms with Crippen molar-refractivity contribution in [3.8, 4) is 0 Å². The summed E-state index contributed by atoms with van der Waals surface area (Å²) in [6.07, 6.45) is 0.530. The van der Waals surface area contributed by atoms with E-state index in [4.69, 9.17) is 16.0 Å². The lowest BCUT2D eigenvalue weighted by molar-refractivity contribution is 0.493. The van der Waals surface area contributed by atoms with E-state index in [-0.39, 0.29) is 5.82 Å². The minimum Gasteiger partial charge on any atom is -0.408 e. The van der Waals surface area contributed by atoms with E-state index in [0.29, 0.717) is 36.3 Å². The summed E-state index contributed by atoms with van der Waals surface area (Å²) < 4.78 is 18.9. The van der Waals surface area contributed by atoms with Gasteiger partial charge in [0.15, 0.2) is 0 Å². The van der Waals surface area contributed by atoms with Crippen molar-refractivity contribution in [2.24, 2.45) is 0 Å². The van der Waals surface area contributed by atoms with Gasteiger partial charge in [0.25, 0.3) is 0 Å². The number of benzene rings is 1. The van der Waals surface area contributed by atoms with Gasteiger partial charge in [-0.2, -0.15) is 0 Å². The number of hydrogen-bond donors (Lipinski definition) is 0. The summed E-state index contributed by atoms with van der Waals surface area (Å²) in [5.41, 5.74) is 0.581. The maximum atomic E-state index is 13.5. The van der Waals surface area contributed by atoms with E-state index in [0.717, 1.165) is 0 Å². The predicted octanol–water partition coefficient (Wildman–Crippen LogP) is 2.63. The molecule has 0 bridgehead atoms. The molecule has 0 aliphatic heterocycles. The van der Waals surface area contributed by atoms with Crippen LogP contribution in [-0.2, 0) is 13.0 Å². The lowest BCUT2D eigenvalue weighted by atomic mass is 10.2. The van der Waals surface area contributed by atoms with Crippen LogP contribution >= 0.6 is 11.6 Å². The van der Waals surface area contributed by atoms with E-state index in [9.17, 15) is 4.39 Å². The second kappa shape index (κ2) is 5.82. The van der Waals surface area contributed by atoms with Gasteiger partial charge in [0, 0.05) is 31.5 Å². The summed E-state index contributed by atoms with van der Waals surface area (Å²) in [7, 11) is 1.77. The molecular weight excluding hydrogens is 257 g/mol. The fourth-order valence-electron chi connectivity index (χ4n) is 1.53. The highest BCUT2D eigenvalue weighted by atomic mass is 35.5. The first-order valence-electron chi connectivity index (χ1n) is 5.53. The van der Waals surface area contributed by atoms with Crippen molar-refractivity contribution >= 4 is 17.6 Å². The van der Waals surface area contributed by atoms with Crippen molar-refractivity contribution in [3.63, 3.8) is 0 Å². The van der Waals surface area contributed by atoms with Gasteiger partial charge in [-0.1, -0.05) is 23.3 Å². The number of aryl methyl sites for hydroxylation is 1. The molecule has 0 aliphatic rings. The van der Waals surface area contributed by atoms with Crippen molar-refractivity contribution < 1.29 is 8.81 Å². The third-order valence-electron chi connectivity index (χ3n) is 2.46. The largest absolute Gasteiger partial charge is 0.408 e. The van der Waals surface area contributed by atoms with Crippen molar-refractivity contribution in [1.29, 1.82) is 0 Å². The number of anilines is 1. The molecule has 0 N–H and O–H groups in total. The van der Waals surface area contributed by atoms with E-state index in [1.807, 2.05) is 0 Å². The highest BCUT2D eigenvalue weighted by molar-refractivity contribution is 6.17. The Hall–Kier alpha value is -1.62. The van der Waals surface area contributed by atoms with Crippen LogP contribution < -0.4 is 4.90 Å². The molecule has 2 aromatic rings. The van der Waals surface area contributed by atoms with Crippen molar-refractivity contribution in [2.75, 3.05) is 17.8 Å². The standard InChI is InChI=1S/C12H13ClFN3O/c1-17(8-9-4-2-3-5-10(9)14)12-16-15-11(18-12)6-7-13/h2-5H,6-8H2,1H3. The van der Waals surface area contributed by atoms with Crippen LogP contribution in [0, 0.1) is 5.82 Å². The quantitative estimate of drug-likeness (QED) is 0.783. The second-order valence-corrected chi connectivity index (χ2v) is 4.24. The molecule has 0 amide bonds. The Morgan fingerprint density at radius 2 is 2.11 bits per heavy atom. The molecule has 1 aromatic heterocycles. The third kappa shape index (κ3) is 2.98. The first kappa shape index (κ1) is 12.8. The average molecular weight is 270 g/mol. The fraction of sp³-hybridized carbons (Fsp3) is 0.333.